The van der Waals surface area contributed by atoms with Crippen LogP contribution in [0.15, 0.2) is 59.3 Å². The lowest BCUT2D eigenvalue weighted by Gasteiger charge is -2.35. The molecule has 20 heteroatoms. The van der Waals surface area contributed by atoms with E-state index in [1.54, 1.807) is 48.1 Å². The first-order chi connectivity index (χ1) is 31.4. The number of amides is 4. The number of nitrogens with zero attached hydrogens (tertiary/aromatic N) is 4. The summed E-state index contributed by atoms with van der Waals surface area (Å²) in [7, 11) is 0. The molecule has 3 aliphatic heterocycles. The molecule has 6 rings (SSSR count). The van der Waals surface area contributed by atoms with E-state index in [0.717, 1.165) is 36.2 Å². The maximum Gasteiger partial charge on any atom is 0.737 e. The molecular weight excluding hydrogens is 875 g/mol. The molecule has 4 amide bonds. The Morgan fingerprint density at radius 2 is 1.58 bits per heavy atom. The number of nitrogens with one attached hydrogen (secondary N) is 3. The number of ether oxygens (including phenoxy) is 4. The van der Waals surface area contributed by atoms with Crippen LogP contribution < -0.4 is 16.0 Å². The number of carbonyl (C=O) groups excluding carboxylic acids is 4. The molecule has 66 heavy (non-hydrogen) atoms. The second-order valence-electron chi connectivity index (χ2n) is 17.8. The van der Waals surface area contributed by atoms with Crippen molar-refractivity contribution in [2.45, 2.75) is 85.5 Å². The number of thiazole rings is 1. The third kappa shape index (κ3) is 12.7. The van der Waals surface area contributed by atoms with Crippen molar-refractivity contribution in [1.29, 1.82) is 0 Å². The normalized spacial score (nSPS) is 18.1. The van der Waals surface area contributed by atoms with Gasteiger partial charge in [0.05, 0.1) is 68.4 Å². The summed E-state index contributed by atoms with van der Waals surface area (Å²) in [5.41, 5.74) is 6.60. The van der Waals surface area contributed by atoms with Crippen LogP contribution in [0.5, 0.6) is 0 Å². The van der Waals surface area contributed by atoms with Gasteiger partial charge in [-0.2, -0.15) is 0 Å². The molecule has 3 aliphatic rings. The third-order valence-electron chi connectivity index (χ3n) is 11.6. The van der Waals surface area contributed by atoms with E-state index in [0.29, 0.717) is 42.6 Å². The SMILES string of the molecule is CC1=CC(C)=[N+]2C1=Cc1ccc(CCC(=O)NCCOCCOCCOCCOCC(=O)N[C@H](C(=O)N3C[C@H](O)C[C@H]3C(=O)NCc3ccc(-c4scnc4C)cc3)C(C)(C)C)n1[B-]2(F)F. The van der Waals surface area contributed by atoms with Crippen LogP contribution in [0.25, 0.3) is 16.5 Å². The van der Waals surface area contributed by atoms with Gasteiger partial charge in [-0.05, 0) is 54.6 Å². The molecule has 16 nitrogen and oxygen atoms in total. The molecule has 358 valence electrons. The van der Waals surface area contributed by atoms with Gasteiger partial charge in [-0.15, -0.1) is 11.3 Å². The number of hydrogen-bond acceptors (Lipinski definition) is 11. The maximum atomic E-state index is 15.6. The van der Waals surface area contributed by atoms with Gasteiger partial charge in [-0.1, -0.05) is 45.0 Å². The molecule has 0 aliphatic carbocycles. The van der Waals surface area contributed by atoms with E-state index >= 15 is 8.63 Å². The molecule has 0 spiro atoms. The molecule has 5 heterocycles. The van der Waals surface area contributed by atoms with Gasteiger partial charge >= 0.3 is 6.97 Å². The quantitative estimate of drug-likeness (QED) is 0.0805. The van der Waals surface area contributed by atoms with E-state index in [9.17, 15) is 24.3 Å². The van der Waals surface area contributed by atoms with E-state index < -0.39 is 42.4 Å². The number of β-amino-alcohol motifs (C(OH)–C–C–N with tert-alkyl or cyclic N) is 1. The van der Waals surface area contributed by atoms with Gasteiger partial charge in [0.1, 0.15) is 24.4 Å². The average molecular weight is 938 g/mol. The second-order valence-corrected chi connectivity index (χ2v) is 18.6. The fourth-order valence-electron chi connectivity index (χ4n) is 8.30. The van der Waals surface area contributed by atoms with Gasteiger partial charge < -0.3 is 62.5 Å². The molecule has 4 N–H and O–H groups in total. The zero-order chi connectivity index (χ0) is 47.6. The molecule has 2 aromatic heterocycles. The van der Waals surface area contributed by atoms with Crippen LogP contribution >= 0.6 is 11.3 Å². The minimum Gasteiger partial charge on any atom is -0.394 e. The number of aliphatic hydroxyl groups excluding tert-OH is 1. The smallest absolute Gasteiger partial charge is 0.394 e. The van der Waals surface area contributed by atoms with Crippen molar-refractivity contribution in [2.75, 3.05) is 65.9 Å². The largest absolute Gasteiger partial charge is 0.737 e. The lowest BCUT2D eigenvalue weighted by atomic mass is 9.85. The van der Waals surface area contributed by atoms with Gasteiger partial charge in [0, 0.05) is 62.8 Å². The number of likely N-dealkylation sites (tertiary alicyclic amines) is 1. The Balaban J connectivity index is 0.794. The Hall–Kier alpha value is -5.12. The van der Waals surface area contributed by atoms with Gasteiger partial charge in [0.15, 0.2) is 5.70 Å². The van der Waals surface area contributed by atoms with Crippen LogP contribution in [0.1, 0.15) is 70.1 Å². The zero-order valence-corrected chi connectivity index (χ0v) is 39.4. The highest BCUT2D eigenvalue weighted by atomic mass is 32.1. The number of halogens is 2. The predicted octanol–water partition coefficient (Wildman–Crippen LogP) is 3.85. The van der Waals surface area contributed by atoms with E-state index in [1.807, 2.05) is 58.9 Å². The molecule has 0 unspecified atom stereocenters. The number of benzene rings is 1. The number of aliphatic hydroxyl groups is 1. The summed E-state index contributed by atoms with van der Waals surface area (Å²) in [6.07, 6.45) is 2.95. The second kappa shape index (κ2) is 22.6. The molecular formula is C46H62BF2N7O9S. The summed E-state index contributed by atoms with van der Waals surface area (Å²) in [4.78, 5) is 59.4. The molecule has 0 radical (unpaired) electrons. The minimum absolute atomic E-state index is 0.0312. The molecule has 0 bridgehead atoms. The Morgan fingerprint density at radius 1 is 0.909 bits per heavy atom. The summed E-state index contributed by atoms with van der Waals surface area (Å²) in [5.74, 6) is -1.61. The molecule has 1 aromatic carbocycles. The van der Waals surface area contributed by atoms with Crippen molar-refractivity contribution in [3.05, 3.63) is 81.9 Å². The highest BCUT2D eigenvalue weighted by Crippen LogP contribution is 2.36. The number of carbonyl (C=O) groups is 4. The number of hydrogen-bond donors (Lipinski definition) is 4. The first kappa shape index (κ1) is 50.3. The third-order valence-corrected chi connectivity index (χ3v) is 12.6. The summed E-state index contributed by atoms with van der Waals surface area (Å²) < 4.78 is 55.4. The van der Waals surface area contributed by atoms with Crippen LogP contribution in [0.2, 0.25) is 0 Å². The number of aromatic nitrogens is 2. The van der Waals surface area contributed by atoms with E-state index in [-0.39, 0.29) is 83.7 Å². The summed E-state index contributed by atoms with van der Waals surface area (Å²) in [5, 5.41) is 19.0. The minimum atomic E-state index is -4.07. The van der Waals surface area contributed by atoms with Gasteiger partial charge in [0.2, 0.25) is 23.6 Å². The van der Waals surface area contributed by atoms with Crippen LogP contribution in [0.3, 0.4) is 0 Å². The Labute approximate surface area is 388 Å². The first-order valence-corrected chi connectivity index (χ1v) is 23.2. The highest BCUT2D eigenvalue weighted by molar-refractivity contribution is 7.13. The van der Waals surface area contributed by atoms with E-state index in [2.05, 4.69) is 20.9 Å². The Bertz CT molecular complexity index is 2310. The first-order valence-electron chi connectivity index (χ1n) is 22.3. The van der Waals surface area contributed by atoms with Crippen molar-refractivity contribution in [1.82, 2.24) is 30.3 Å². The van der Waals surface area contributed by atoms with Gasteiger partial charge in [-0.25, -0.2) is 4.98 Å². The van der Waals surface area contributed by atoms with E-state index in [4.69, 9.17) is 18.9 Å². The standard InChI is InChI=1S/C46H62BF2N7O9S/c1-30-23-31(2)55-38(30)24-36-12-11-35(56(36)47(55,48)49)13-14-40(58)50-15-16-62-17-18-63-19-20-64-21-22-65-28-41(59)53-43(46(4,5)6)45(61)54-27-37(57)25-39(54)44(60)51-26-33-7-9-34(10-8-33)42-32(3)52-29-66-42/h7-12,23-24,29,37,39,43,57H,13-22,25-28H2,1-6H3,(H,50,58)(H,51,60)(H,53,59)/t37-,39+,43-/m1/s1. The molecule has 1 fully saturated rings. The lowest BCUT2D eigenvalue weighted by Crippen LogP contribution is -2.58. The highest BCUT2D eigenvalue weighted by Gasteiger charge is 2.53. The summed E-state index contributed by atoms with van der Waals surface area (Å²) in [6, 6.07) is 9.26. The van der Waals surface area contributed by atoms with Crippen molar-refractivity contribution >= 4 is 53.7 Å². The molecule has 0 saturated carbocycles. The van der Waals surface area contributed by atoms with Crippen molar-refractivity contribution in [3.63, 3.8) is 0 Å². The van der Waals surface area contributed by atoms with Crippen LogP contribution in [-0.4, -0.2) is 144 Å². The Morgan fingerprint density at radius 3 is 2.23 bits per heavy atom. The zero-order valence-electron chi connectivity index (χ0n) is 38.6. The molecule has 3 atom stereocenters. The van der Waals surface area contributed by atoms with Crippen molar-refractivity contribution in [2.24, 2.45) is 5.41 Å². The van der Waals surface area contributed by atoms with Crippen LogP contribution in [0.4, 0.5) is 8.63 Å². The fourth-order valence-corrected chi connectivity index (χ4v) is 9.11. The number of allylic oxidation sites excluding steroid dienone is 2. The summed E-state index contributed by atoms with van der Waals surface area (Å²) >= 11 is 1.56. The van der Waals surface area contributed by atoms with Crippen molar-refractivity contribution in [3.8, 4) is 10.4 Å². The fraction of sp³-hybridized carbons (Fsp3) is 0.522. The van der Waals surface area contributed by atoms with Crippen molar-refractivity contribution < 1.29 is 56.3 Å². The molecule has 3 aromatic rings. The average Bonchev–Trinajstić information content (AvgIpc) is 4.06. The topological polar surface area (TPSA) is 186 Å². The number of fused-ring (bicyclic) bond motifs is 2. The number of aryl methyl sites for hydroxylation is 2. The summed E-state index contributed by atoms with van der Waals surface area (Å²) in [6.45, 7) is 8.76. The lowest BCUT2D eigenvalue weighted by molar-refractivity contribution is -0.362. The van der Waals surface area contributed by atoms with E-state index in [1.165, 1.54) is 4.90 Å². The Kier molecular flexibility index (Phi) is 17.2. The monoisotopic (exact) mass is 937 g/mol. The van der Waals surface area contributed by atoms with Gasteiger partial charge in [0.25, 0.3) is 0 Å². The maximum absolute atomic E-state index is 15.6. The number of rotatable bonds is 23. The van der Waals surface area contributed by atoms with Gasteiger partial charge in [-0.3, -0.25) is 19.2 Å². The predicted molar refractivity (Wildman–Crippen MR) is 247 cm³/mol. The van der Waals surface area contributed by atoms with Crippen LogP contribution in [-0.2, 0) is 51.1 Å². The van der Waals surface area contributed by atoms with Crippen LogP contribution in [0, 0.1) is 12.3 Å². The molecule has 1 saturated heterocycles.